The van der Waals surface area contributed by atoms with E-state index in [4.69, 9.17) is 0 Å². The minimum absolute atomic E-state index is 0. The molecule has 0 saturated heterocycles. The van der Waals surface area contributed by atoms with E-state index in [9.17, 15) is 5.11 Å². The van der Waals surface area contributed by atoms with Gasteiger partial charge < -0.3 is 20.6 Å². The Bertz CT molecular complexity index is 687. The monoisotopic (exact) mass is 488 g/mol. The molecule has 1 aromatic carbocycles. The zero-order chi connectivity index (χ0) is 18.3. The van der Waals surface area contributed by atoms with E-state index in [-0.39, 0.29) is 24.0 Å². The second-order valence-corrected chi connectivity index (χ2v) is 7.31. The number of thiophene rings is 1. The summed E-state index contributed by atoms with van der Waals surface area (Å²) in [5.74, 6) is 0.703. The van der Waals surface area contributed by atoms with Crippen LogP contribution in [0.1, 0.15) is 24.3 Å². The smallest absolute Gasteiger partial charge is 0.191 e. The number of guanidine groups is 1. The summed E-state index contributed by atoms with van der Waals surface area (Å²) in [6, 6.07) is 12.2. The van der Waals surface area contributed by atoms with E-state index in [1.807, 2.05) is 51.5 Å². The minimum Gasteiger partial charge on any atom is -0.383 e. The van der Waals surface area contributed by atoms with E-state index < -0.39 is 5.60 Å². The standard InChI is InChI=1S/C19H28N4OS.HI/c1-5-20-18(22-14-19(2,24)17-10-7-11-25-17)21-13-15-8-6-9-16(12-15)23(3)4;/h6-12,24H,5,13-14H2,1-4H3,(H2,20,21,22);1H. The van der Waals surface area contributed by atoms with Gasteiger partial charge in [-0.15, -0.1) is 35.3 Å². The number of anilines is 1. The molecule has 2 rings (SSSR count). The lowest BCUT2D eigenvalue weighted by Crippen LogP contribution is -2.44. The number of hydrogen-bond acceptors (Lipinski definition) is 4. The largest absolute Gasteiger partial charge is 0.383 e. The SMILES string of the molecule is CCNC(=NCc1cccc(N(C)C)c1)NCC(C)(O)c1cccs1.I. The van der Waals surface area contributed by atoms with Gasteiger partial charge in [0.25, 0.3) is 0 Å². The lowest BCUT2D eigenvalue weighted by atomic mass is 10.1. The van der Waals surface area contributed by atoms with Gasteiger partial charge in [0.2, 0.25) is 0 Å². The first kappa shape index (κ1) is 22.7. The van der Waals surface area contributed by atoms with Crippen LogP contribution in [0.5, 0.6) is 0 Å². The van der Waals surface area contributed by atoms with Crippen molar-refractivity contribution >= 4 is 47.0 Å². The maximum absolute atomic E-state index is 10.6. The van der Waals surface area contributed by atoms with Crippen LogP contribution in [0.15, 0.2) is 46.8 Å². The number of halogens is 1. The Morgan fingerprint density at radius 3 is 2.62 bits per heavy atom. The first-order chi connectivity index (χ1) is 11.9. The molecule has 0 saturated carbocycles. The van der Waals surface area contributed by atoms with E-state index in [0.29, 0.717) is 19.0 Å². The number of rotatable bonds is 7. The highest BCUT2D eigenvalue weighted by atomic mass is 127. The molecule has 0 aliphatic heterocycles. The molecular formula is C19H29IN4OS. The molecule has 0 radical (unpaired) electrons. The first-order valence-corrected chi connectivity index (χ1v) is 9.35. The average molecular weight is 488 g/mol. The molecule has 7 heteroatoms. The number of aliphatic imine (C=N–C) groups is 1. The van der Waals surface area contributed by atoms with Gasteiger partial charge in [0.05, 0.1) is 13.1 Å². The molecule has 0 spiro atoms. The molecule has 3 N–H and O–H groups in total. The maximum Gasteiger partial charge on any atom is 0.191 e. The molecule has 0 bridgehead atoms. The summed E-state index contributed by atoms with van der Waals surface area (Å²) < 4.78 is 0. The van der Waals surface area contributed by atoms with Gasteiger partial charge in [-0.25, -0.2) is 4.99 Å². The van der Waals surface area contributed by atoms with Crippen LogP contribution >= 0.6 is 35.3 Å². The minimum atomic E-state index is -0.921. The summed E-state index contributed by atoms with van der Waals surface area (Å²) in [6.45, 7) is 5.59. The Balaban J connectivity index is 0.00000338. The molecule has 0 aliphatic rings. The highest BCUT2D eigenvalue weighted by molar-refractivity contribution is 14.0. The fraction of sp³-hybridized carbons (Fsp3) is 0.421. The lowest BCUT2D eigenvalue weighted by Gasteiger charge is -2.23. The zero-order valence-corrected chi connectivity index (χ0v) is 19.0. The molecular weight excluding hydrogens is 459 g/mol. The van der Waals surface area contributed by atoms with Crippen LogP contribution in [-0.2, 0) is 12.1 Å². The molecule has 144 valence electrons. The number of nitrogens with one attached hydrogen (secondary N) is 2. The van der Waals surface area contributed by atoms with Crippen molar-refractivity contribution < 1.29 is 5.11 Å². The highest BCUT2D eigenvalue weighted by Gasteiger charge is 2.24. The summed E-state index contributed by atoms with van der Waals surface area (Å²) in [5.41, 5.74) is 1.38. The summed E-state index contributed by atoms with van der Waals surface area (Å²) in [7, 11) is 4.06. The van der Waals surface area contributed by atoms with Crippen LogP contribution in [0.2, 0.25) is 0 Å². The van der Waals surface area contributed by atoms with Crippen molar-refractivity contribution in [2.24, 2.45) is 4.99 Å². The van der Waals surface area contributed by atoms with Gasteiger partial charge in [-0.3, -0.25) is 0 Å². The predicted molar refractivity (Wildman–Crippen MR) is 123 cm³/mol. The zero-order valence-electron chi connectivity index (χ0n) is 15.8. The Morgan fingerprint density at radius 1 is 1.23 bits per heavy atom. The molecule has 1 heterocycles. The van der Waals surface area contributed by atoms with Gasteiger partial charge in [0.15, 0.2) is 5.96 Å². The van der Waals surface area contributed by atoms with Crippen molar-refractivity contribution in [3.63, 3.8) is 0 Å². The summed E-state index contributed by atoms with van der Waals surface area (Å²) in [4.78, 5) is 7.65. The molecule has 1 atom stereocenters. The second-order valence-electron chi connectivity index (χ2n) is 6.36. The fourth-order valence-electron chi connectivity index (χ4n) is 2.37. The molecule has 1 aromatic heterocycles. The number of aliphatic hydroxyl groups is 1. The molecule has 5 nitrogen and oxygen atoms in total. The third-order valence-corrected chi connectivity index (χ3v) is 4.97. The van der Waals surface area contributed by atoms with Gasteiger partial charge in [-0.1, -0.05) is 18.2 Å². The molecule has 26 heavy (non-hydrogen) atoms. The van der Waals surface area contributed by atoms with E-state index >= 15 is 0 Å². The average Bonchev–Trinajstić information content (AvgIpc) is 3.13. The Morgan fingerprint density at radius 2 is 2.00 bits per heavy atom. The molecule has 2 aromatic rings. The van der Waals surface area contributed by atoms with Crippen molar-refractivity contribution in [3.05, 3.63) is 52.2 Å². The molecule has 0 fully saturated rings. The van der Waals surface area contributed by atoms with E-state index in [1.54, 1.807) is 11.3 Å². The highest BCUT2D eigenvalue weighted by Crippen LogP contribution is 2.24. The quantitative estimate of drug-likeness (QED) is 0.318. The molecule has 1 unspecified atom stereocenters. The van der Waals surface area contributed by atoms with Crippen LogP contribution in [0.4, 0.5) is 5.69 Å². The van der Waals surface area contributed by atoms with Gasteiger partial charge in [0.1, 0.15) is 5.60 Å². The lowest BCUT2D eigenvalue weighted by molar-refractivity contribution is 0.0655. The van der Waals surface area contributed by atoms with Gasteiger partial charge in [-0.05, 0) is 43.0 Å². The molecule has 0 aliphatic carbocycles. The third kappa shape index (κ3) is 6.77. The van der Waals surface area contributed by atoms with Crippen LogP contribution in [0.25, 0.3) is 0 Å². The Labute approximate surface area is 177 Å². The predicted octanol–water partition coefficient (Wildman–Crippen LogP) is 3.39. The van der Waals surface area contributed by atoms with Gasteiger partial charge in [-0.2, -0.15) is 0 Å². The Hall–Kier alpha value is -1.32. The van der Waals surface area contributed by atoms with Crippen molar-refractivity contribution in [1.82, 2.24) is 10.6 Å². The third-order valence-electron chi connectivity index (χ3n) is 3.84. The summed E-state index contributed by atoms with van der Waals surface area (Å²) >= 11 is 1.55. The fourth-order valence-corrected chi connectivity index (χ4v) is 3.16. The second kappa shape index (κ2) is 10.7. The number of hydrogen-bond donors (Lipinski definition) is 3. The Kier molecular flexibility index (Phi) is 9.38. The van der Waals surface area contributed by atoms with Crippen LogP contribution in [0, 0.1) is 0 Å². The van der Waals surface area contributed by atoms with E-state index in [0.717, 1.165) is 22.7 Å². The van der Waals surface area contributed by atoms with Crippen molar-refractivity contribution in [2.75, 3.05) is 32.1 Å². The maximum atomic E-state index is 10.6. The number of nitrogens with zero attached hydrogens (tertiary/aromatic N) is 2. The van der Waals surface area contributed by atoms with Crippen LogP contribution in [0.3, 0.4) is 0 Å². The van der Waals surface area contributed by atoms with Crippen molar-refractivity contribution in [2.45, 2.75) is 26.0 Å². The molecule has 0 amide bonds. The van der Waals surface area contributed by atoms with E-state index in [1.165, 1.54) is 0 Å². The normalized spacial score (nSPS) is 13.5. The van der Waals surface area contributed by atoms with Crippen molar-refractivity contribution in [1.29, 1.82) is 0 Å². The van der Waals surface area contributed by atoms with Gasteiger partial charge in [0, 0.05) is 31.2 Å². The first-order valence-electron chi connectivity index (χ1n) is 8.47. The summed E-state index contributed by atoms with van der Waals surface area (Å²) in [5, 5.41) is 19.1. The van der Waals surface area contributed by atoms with Crippen LogP contribution < -0.4 is 15.5 Å². The van der Waals surface area contributed by atoms with E-state index in [2.05, 4.69) is 38.7 Å². The number of benzene rings is 1. The van der Waals surface area contributed by atoms with Crippen molar-refractivity contribution in [3.8, 4) is 0 Å². The summed E-state index contributed by atoms with van der Waals surface area (Å²) in [6.07, 6.45) is 0. The van der Waals surface area contributed by atoms with Crippen LogP contribution in [-0.4, -0.2) is 38.3 Å². The topological polar surface area (TPSA) is 59.9 Å². The van der Waals surface area contributed by atoms with Gasteiger partial charge >= 0.3 is 0 Å².